The molecule has 0 bridgehead atoms. The molecular formula is C19H24N4O4S2. The summed E-state index contributed by atoms with van der Waals surface area (Å²) in [6, 6.07) is 10.6. The lowest BCUT2D eigenvalue weighted by atomic mass is 10.3. The van der Waals surface area contributed by atoms with E-state index in [9.17, 15) is 18.0 Å². The molecule has 3 aromatic rings. The lowest BCUT2D eigenvalue weighted by Gasteiger charge is -2.16. The first-order valence-corrected chi connectivity index (χ1v) is 11.5. The van der Waals surface area contributed by atoms with E-state index in [2.05, 4.69) is 5.32 Å². The van der Waals surface area contributed by atoms with Crippen LogP contribution in [0, 0.1) is 0 Å². The molecule has 3 rings (SSSR count). The molecule has 2 aromatic heterocycles. The van der Waals surface area contributed by atoms with Crippen LogP contribution in [0.2, 0.25) is 0 Å². The molecule has 0 fully saturated rings. The highest BCUT2D eigenvalue weighted by atomic mass is 32.2. The fourth-order valence-electron chi connectivity index (χ4n) is 3.18. The summed E-state index contributed by atoms with van der Waals surface area (Å²) in [7, 11) is -1.83. The summed E-state index contributed by atoms with van der Waals surface area (Å²) in [6.45, 7) is 4.51. The number of rotatable bonds is 8. The number of amides is 1. The molecule has 0 aliphatic heterocycles. The maximum absolute atomic E-state index is 12.6. The van der Waals surface area contributed by atoms with E-state index in [4.69, 9.17) is 0 Å². The highest BCUT2D eigenvalue weighted by Crippen LogP contribution is 2.24. The van der Waals surface area contributed by atoms with E-state index in [1.807, 2.05) is 18.2 Å². The van der Waals surface area contributed by atoms with Crippen LogP contribution in [0.15, 0.2) is 45.4 Å². The summed E-state index contributed by atoms with van der Waals surface area (Å²) in [5.41, 5.74) is 1.19. The number of nitrogens with zero attached hydrogens (tertiary/aromatic N) is 3. The number of benzene rings is 1. The van der Waals surface area contributed by atoms with Gasteiger partial charge in [-0.3, -0.25) is 13.9 Å². The number of carbonyl (C=O) groups is 1. The summed E-state index contributed by atoms with van der Waals surface area (Å²) >= 11 is 1.14. The summed E-state index contributed by atoms with van der Waals surface area (Å²) < 4.78 is 29.7. The number of hydrogen-bond acceptors (Lipinski definition) is 5. The van der Waals surface area contributed by atoms with Crippen molar-refractivity contribution >= 4 is 38.3 Å². The average Bonchev–Trinajstić information content (AvgIpc) is 3.28. The van der Waals surface area contributed by atoms with Gasteiger partial charge in [0.2, 0.25) is 5.91 Å². The summed E-state index contributed by atoms with van der Waals surface area (Å²) in [4.78, 5) is 25.5. The molecule has 0 saturated carbocycles. The number of imidazole rings is 1. The largest absolute Gasteiger partial charge is 0.350 e. The number of aromatic nitrogens is 2. The van der Waals surface area contributed by atoms with Crippen molar-refractivity contribution in [3.8, 4) is 0 Å². The number of sulfonamides is 1. The molecule has 1 N–H and O–H groups in total. The molecule has 0 aliphatic carbocycles. The molecular weight excluding hydrogens is 412 g/mol. The predicted octanol–water partition coefficient (Wildman–Crippen LogP) is 1.75. The lowest BCUT2D eigenvalue weighted by molar-refractivity contribution is -0.121. The van der Waals surface area contributed by atoms with Gasteiger partial charge in [0.15, 0.2) is 0 Å². The second kappa shape index (κ2) is 8.52. The van der Waals surface area contributed by atoms with Gasteiger partial charge in [-0.05, 0) is 24.3 Å². The van der Waals surface area contributed by atoms with Crippen molar-refractivity contribution in [3.63, 3.8) is 0 Å². The molecule has 10 heteroatoms. The number of fused-ring (bicyclic) bond motifs is 1. The highest BCUT2D eigenvalue weighted by Gasteiger charge is 2.23. The minimum Gasteiger partial charge on any atom is -0.350 e. The van der Waals surface area contributed by atoms with E-state index in [1.54, 1.807) is 39.1 Å². The molecule has 1 aromatic carbocycles. The van der Waals surface area contributed by atoms with Crippen LogP contribution in [0.5, 0.6) is 0 Å². The molecule has 1 amide bonds. The second-order valence-corrected chi connectivity index (χ2v) is 9.84. The highest BCUT2D eigenvalue weighted by molar-refractivity contribution is 7.91. The smallest absolute Gasteiger partial charge is 0.329 e. The molecule has 2 heterocycles. The van der Waals surface area contributed by atoms with Crippen molar-refractivity contribution in [2.24, 2.45) is 7.05 Å². The van der Waals surface area contributed by atoms with Gasteiger partial charge in [0.25, 0.3) is 10.0 Å². The van der Waals surface area contributed by atoms with Crippen molar-refractivity contribution < 1.29 is 13.2 Å². The van der Waals surface area contributed by atoms with Gasteiger partial charge in [-0.15, -0.1) is 11.3 Å². The van der Waals surface area contributed by atoms with Gasteiger partial charge in [-0.2, -0.15) is 4.31 Å². The normalized spacial score (nSPS) is 12.0. The number of hydrogen-bond donors (Lipinski definition) is 1. The van der Waals surface area contributed by atoms with Crippen molar-refractivity contribution in [3.05, 3.63) is 51.8 Å². The van der Waals surface area contributed by atoms with Crippen LogP contribution in [0.25, 0.3) is 11.0 Å². The van der Waals surface area contributed by atoms with E-state index in [1.165, 1.54) is 13.4 Å². The number of thiophene rings is 1. The van der Waals surface area contributed by atoms with Gasteiger partial charge in [-0.25, -0.2) is 13.2 Å². The Labute approximate surface area is 173 Å². The Morgan fingerprint density at radius 1 is 1.10 bits per heavy atom. The van der Waals surface area contributed by atoms with Crippen LogP contribution in [-0.2, 0) is 35.0 Å². The minimum atomic E-state index is -3.50. The molecule has 0 unspecified atom stereocenters. The molecule has 29 heavy (non-hydrogen) atoms. The predicted molar refractivity (Wildman–Crippen MR) is 113 cm³/mol. The van der Waals surface area contributed by atoms with Gasteiger partial charge in [0.05, 0.1) is 17.6 Å². The molecule has 0 aliphatic rings. The van der Waals surface area contributed by atoms with E-state index in [-0.39, 0.29) is 28.9 Å². The third-order valence-electron chi connectivity index (χ3n) is 4.75. The molecule has 156 valence electrons. The first-order chi connectivity index (χ1) is 13.8. The fourth-order valence-corrected chi connectivity index (χ4v) is 6.09. The van der Waals surface area contributed by atoms with Crippen molar-refractivity contribution in [2.45, 2.75) is 31.1 Å². The monoisotopic (exact) mass is 436 g/mol. The fraction of sp³-hybridized carbons (Fsp3) is 0.368. The number of nitrogens with one attached hydrogen (secondary N) is 1. The maximum Gasteiger partial charge on any atom is 0.329 e. The lowest BCUT2D eigenvalue weighted by Crippen LogP contribution is -2.32. The quantitative estimate of drug-likeness (QED) is 0.582. The second-order valence-electron chi connectivity index (χ2n) is 6.50. The molecule has 0 saturated heterocycles. The Morgan fingerprint density at radius 2 is 1.76 bits per heavy atom. The topological polar surface area (TPSA) is 93.4 Å². The molecule has 8 nitrogen and oxygen atoms in total. The van der Waals surface area contributed by atoms with Crippen LogP contribution in [0.3, 0.4) is 0 Å². The van der Waals surface area contributed by atoms with Gasteiger partial charge in [0, 0.05) is 25.0 Å². The standard InChI is InChI=1S/C19H24N4O4S2/c1-4-22(5-2)29(26,27)18-11-10-14(28-18)12-20-17(24)13-23-16-9-7-6-8-15(16)21(3)19(23)25/h6-11H,4-5,12-13H2,1-3H3,(H,20,24). The van der Waals surface area contributed by atoms with Crippen molar-refractivity contribution in [1.82, 2.24) is 18.8 Å². The average molecular weight is 437 g/mol. The number of aryl methyl sites for hydroxylation is 1. The van der Waals surface area contributed by atoms with Gasteiger partial charge < -0.3 is 5.32 Å². The molecule has 0 atom stereocenters. The Morgan fingerprint density at radius 3 is 2.41 bits per heavy atom. The number of carbonyl (C=O) groups excluding carboxylic acids is 1. The van der Waals surface area contributed by atoms with Gasteiger partial charge in [-0.1, -0.05) is 26.0 Å². The minimum absolute atomic E-state index is 0.101. The zero-order valence-electron chi connectivity index (χ0n) is 16.6. The van der Waals surface area contributed by atoms with E-state index >= 15 is 0 Å². The van der Waals surface area contributed by atoms with Crippen LogP contribution < -0.4 is 11.0 Å². The molecule has 0 spiro atoms. The first kappa shape index (κ1) is 21.3. The summed E-state index contributed by atoms with van der Waals surface area (Å²) in [5, 5.41) is 2.76. The van der Waals surface area contributed by atoms with Crippen molar-refractivity contribution in [2.75, 3.05) is 13.1 Å². The maximum atomic E-state index is 12.6. The third-order valence-corrected chi connectivity index (χ3v) is 8.35. The Balaban J connectivity index is 1.69. The zero-order chi connectivity index (χ0) is 21.2. The van der Waals surface area contributed by atoms with Crippen LogP contribution in [-0.4, -0.2) is 40.9 Å². The number of para-hydroxylation sites is 2. The van der Waals surface area contributed by atoms with E-state index in [0.717, 1.165) is 21.7 Å². The Kier molecular flexibility index (Phi) is 6.25. The first-order valence-electron chi connectivity index (χ1n) is 9.29. The third kappa shape index (κ3) is 4.14. The zero-order valence-corrected chi connectivity index (χ0v) is 18.2. The molecule has 0 radical (unpaired) electrons. The summed E-state index contributed by atoms with van der Waals surface area (Å²) in [5.74, 6) is -0.315. The van der Waals surface area contributed by atoms with Gasteiger partial charge in [0.1, 0.15) is 10.8 Å². The van der Waals surface area contributed by atoms with Crippen molar-refractivity contribution in [1.29, 1.82) is 0 Å². The van der Waals surface area contributed by atoms with E-state index in [0.29, 0.717) is 18.6 Å². The Bertz CT molecular complexity index is 1190. The van der Waals surface area contributed by atoms with Gasteiger partial charge >= 0.3 is 5.69 Å². The van der Waals surface area contributed by atoms with E-state index < -0.39 is 10.0 Å². The summed E-state index contributed by atoms with van der Waals surface area (Å²) in [6.07, 6.45) is 0. The van der Waals surface area contributed by atoms with Crippen LogP contribution >= 0.6 is 11.3 Å². The Hall–Kier alpha value is -2.43. The van der Waals surface area contributed by atoms with Crippen LogP contribution in [0.4, 0.5) is 0 Å². The van der Waals surface area contributed by atoms with Crippen LogP contribution in [0.1, 0.15) is 18.7 Å². The SMILES string of the molecule is CCN(CC)S(=O)(=O)c1ccc(CNC(=O)Cn2c(=O)n(C)c3ccccc32)s1.